The molecule has 0 spiro atoms. The van der Waals surface area contributed by atoms with E-state index in [9.17, 15) is 0 Å². The van der Waals surface area contributed by atoms with Crippen LogP contribution in [-0.4, -0.2) is 12.1 Å². The van der Waals surface area contributed by atoms with Crippen LogP contribution in [0.5, 0.6) is 0 Å². The Labute approximate surface area is 79.1 Å². The summed E-state index contributed by atoms with van der Waals surface area (Å²) < 4.78 is 0. The van der Waals surface area contributed by atoms with Crippen LogP contribution in [0.2, 0.25) is 0 Å². The van der Waals surface area contributed by atoms with E-state index in [4.69, 9.17) is 5.73 Å². The molecule has 0 aromatic heterocycles. The maximum absolute atomic E-state index is 5.70. The van der Waals surface area contributed by atoms with Gasteiger partial charge in [0.15, 0.2) is 0 Å². The molecule has 1 aromatic rings. The van der Waals surface area contributed by atoms with E-state index < -0.39 is 0 Å². The van der Waals surface area contributed by atoms with Gasteiger partial charge in [-0.25, -0.2) is 0 Å². The quantitative estimate of drug-likeness (QED) is 0.727. The molecule has 13 heavy (non-hydrogen) atoms. The van der Waals surface area contributed by atoms with Gasteiger partial charge in [0, 0.05) is 18.6 Å². The minimum absolute atomic E-state index is 0.438. The Morgan fingerprint density at radius 3 is 2.54 bits per heavy atom. The van der Waals surface area contributed by atoms with Gasteiger partial charge in [-0.05, 0) is 18.4 Å². The fourth-order valence-electron chi connectivity index (χ4n) is 1.69. The number of hydrogen-bond donors (Lipinski definition) is 2. The molecule has 0 amide bonds. The Morgan fingerprint density at radius 1 is 1.23 bits per heavy atom. The Kier molecular flexibility index (Phi) is 2.62. The third-order valence-electron chi connectivity index (χ3n) is 2.61. The van der Waals surface area contributed by atoms with Crippen molar-refractivity contribution >= 4 is 0 Å². The highest BCUT2D eigenvalue weighted by atomic mass is 14.9. The van der Waals surface area contributed by atoms with Gasteiger partial charge < -0.3 is 11.1 Å². The molecule has 0 bridgehead atoms. The summed E-state index contributed by atoms with van der Waals surface area (Å²) in [6, 6.07) is 11.6. The Hall–Kier alpha value is -0.860. The second-order valence-electron chi connectivity index (χ2n) is 3.79. The maximum atomic E-state index is 5.70. The molecule has 0 saturated heterocycles. The first-order chi connectivity index (χ1) is 6.34. The molecule has 3 N–H and O–H groups in total. The molecule has 0 radical (unpaired) electrons. The molecule has 2 nitrogen and oxygen atoms in total. The molecular formula is C11H16N2. The van der Waals surface area contributed by atoms with Crippen molar-refractivity contribution in [2.75, 3.05) is 0 Å². The molecule has 1 saturated carbocycles. The molecule has 2 rings (SSSR count). The first kappa shape index (κ1) is 8.73. The lowest BCUT2D eigenvalue weighted by Crippen LogP contribution is -2.48. The van der Waals surface area contributed by atoms with E-state index in [1.807, 2.05) is 6.07 Å². The predicted octanol–water partition coefficient (Wildman–Crippen LogP) is 1.27. The van der Waals surface area contributed by atoms with Gasteiger partial charge in [0.25, 0.3) is 0 Å². The van der Waals surface area contributed by atoms with Crippen LogP contribution < -0.4 is 11.1 Å². The van der Waals surface area contributed by atoms with Gasteiger partial charge in [-0.1, -0.05) is 30.3 Å². The Morgan fingerprint density at radius 2 is 1.92 bits per heavy atom. The van der Waals surface area contributed by atoms with Crippen molar-refractivity contribution in [3.05, 3.63) is 35.9 Å². The van der Waals surface area contributed by atoms with E-state index in [1.54, 1.807) is 0 Å². The summed E-state index contributed by atoms with van der Waals surface area (Å²) in [7, 11) is 0. The average Bonchev–Trinajstić information content (AvgIpc) is 2.12. The standard InChI is InChI=1S/C11H16N2/c12-10-6-11(7-10)13-8-9-4-2-1-3-5-9/h1-5,10-11,13H,6-8,12H2. The van der Waals surface area contributed by atoms with Gasteiger partial charge in [-0.15, -0.1) is 0 Å². The van der Waals surface area contributed by atoms with Crippen LogP contribution in [0.15, 0.2) is 30.3 Å². The van der Waals surface area contributed by atoms with Gasteiger partial charge in [0.05, 0.1) is 0 Å². The van der Waals surface area contributed by atoms with Crippen molar-refractivity contribution in [2.45, 2.75) is 31.5 Å². The summed E-state index contributed by atoms with van der Waals surface area (Å²) in [4.78, 5) is 0. The van der Waals surface area contributed by atoms with E-state index in [0.717, 1.165) is 19.4 Å². The van der Waals surface area contributed by atoms with Crippen molar-refractivity contribution < 1.29 is 0 Å². The Bertz CT molecular complexity index is 252. The van der Waals surface area contributed by atoms with Crippen molar-refractivity contribution in [1.29, 1.82) is 0 Å². The highest BCUT2D eigenvalue weighted by molar-refractivity contribution is 5.14. The zero-order chi connectivity index (χ0) is 9.10. The molecule has 0 aliphatic heterocycles. The number of nitrogens with two attached hydrogens (primary N) is 1. The second-order valence-corrected chi connectivity index (χ2v) is 3.79. The fourth-order valence-corrected chi connectivity index (χ4v) is 1.69. The second kappa shape index (κ2) is 3.90. The highest BCUT2D eigenvalue weighted by Gasteiger charge is 2.24. The summed E-state index contributed by atoms with van der Waals surface area (Å²) in [6.45, 7) is 0.970. The Balaban J connectivity index is 1.74. The van der Waals surface area contributed by atoms with Crippen molar-refractivity contribution in [3.8, 4) is 0 Å². The van der Waals surface area contributed by atoms with E-state index >= 15 is 0 Å². The molecule has 1 aliphatic rings. The molecule has 1 aliphatic carbocycles. The minimum atomic E-state index is 0.438. The number of hydrogen-bond acceptors (Lipinski definition) is 2. The van der Waals surface area contributed by atoms with Gasteiger partial charge in [0.1, 0.15) is 0 Å². The normalized spacial score (nSPS) is 26.8. The van der Waals surface area contributed by atoms with Crippen LogP contribution in [0.1, 0.15) is 18.4 Å². The third-order valence-corrected chi connectivity index (χ3v) is 2.61. The lowest BCUT2D eigenvalue weighted by atomic mass is 9.87. The summed E-state index contributed by atoms with van der Waals surface area (Å²) >= 11 is 0. The molecule has 0 atom stereocenters. The molecule has 0 heterocycles. The smallest absolute Gasteiger partial charge is 0.0208 e. The number of nitrogens with one attached hydrogen (secondary N) is 1. The predicted molar refractivity (Wildman–Crippen MR) is 54.3 cm³/mol. The number of benzene rings is 1. The van der Waals surface area contributed by atoms with E-state index in [-0.39, 0.29) is 0 Å². The summed E-state index contributed by atoms with van der Waals surface area (Å²) in [6.07, 6.45) is 2.26. The molecular weight excluding hydrogens is 160 g/mol. The first-order valence-corrected chi connectivity index (χ1v) is 4.87. The minimum Gasteiger partial charge on any atom is -0.328 e. The molecule has 1 aromatic carbocycles. The SMILES string of the molecule is NC1CC(NCc2ccccc2)C1. The van der Waals surface area contributed by atoms with Gasteiger partial charge in [-0.2, -0.15) is 0 Å². The number of rotatable bonds is 3. The highest BCUT2D eigenvalue weighted by Crippen LogP contribution is 2.17. The van der Waals surface area contributed by atoms with Gasteiger partial charge in [0.2, 0.25) is 0 Å². The van der Waals surface area contributed by atoms with E-state index in [1.165, 1.54) is 5.56 Å². The maximum Gasteiger partial charge on any atom is 0.0208 e. The zero-order valence-electron chi connectivity index (χ0n) is 7.74. The van der Waals surface area contributed by atoms with Crippen LogP contribution in [0.25, 0.3) is 0 Å². The van der Waals surface area contributed by atoms with Crippen LogP contribution in [-0.2, 0) is 6.54 Å². The van der Waals surface area contributed by atoms with Crippen molar-refractivity contribution in [2.24, 2.45) is 5.73 Å². The lowest BCUT2D eigenvalue weighted by molar-refractivity contribution is 0.291. The third kappa shape index (κ3) is 2.29. The van der Waals surface area contributed by atoms with E-state index in [2.05, 4.69) is 29.6 Å². The molecule has 2 heteroatoms. The zero-order valence-corrected chi connectivity index (χ0v) is 7.74. The van der Waals surface area contributed by atoms with Crippen LogP contribution in [0.4, 0.5) is 0 Å². The van der Waals surface area contributed by atoms with Gasteiger partial charge in [-0.3, -0.25) is 0 Å². The van der Waals surface area contributed by atoms with Crippen molar-refractivity contribution in [3.63, 3.8) is 0 Å². The average molecular weight is 176 g/mol. The van der Waals surface area contributed by atoms with Gasteiger partial charge >= 0.3 is 0 Å². The van der Waals surface area contributed by atoms with Crippen LogP contribution in [0, 0.1) is 0 Å². The summed E-state index contributed by atoms with van der Waals surface area (Å²) in [5, 5.41) is 3.49. The molecule has 70 valence electrons. The lowest BCUT2D eigenvalue weighted by Gasteiger charge is -2.33. The van der Waals surface area contributed by atoms with E-state index in [0.29, 0.717) is 12.1 Å². The topological polar surface area (TPSA) is 38.0 Å². The summed E-state index contributed by atoms with van der Waals surface area (Å²) in [5.74, 6) is 0. The largest absolute Gasteiger partial charge is 0.328 e. The molecule has 0 unspecified atom stereocenters. The van der Waals surface area contributed by atoms with Crippen LogP contribution in [0.3, 0.4) is 0 Å². The molecule has 1 fully saturated rings. The van der Waals surface area contributed by atoms with Crippen LogP contribution >= 0.6 is 0 Å². The van der Waals surface area contributed by atoms with Crippen molar-refractivity contribution in [1.82, 2.24) is 5.32 Å². The fraction of sp³-hybridized carbons (Fsp3) is 0.455. The summed E-state index contributed by atoms with van der Waals surface area (Å²) in [5.41, 5.74) is 7.05. The first-order valence-electron chi connectivity index (χ1n) is 4.87. The monoisotopic (exact) mass is 176 g/mol.